The van der Waals surface area contributed by atoms with E-state index in [0.29, 0.717) is 17.2 Å². The van der Waals surface area contributed by atoms with Crippen LogP contribution in [0.1, 0.15) is 44.9 Å². The largest absolute Gasteiger partial charge is 0.339 e. The van der Waals surface area contributed by atoms with Gasteiger partial charge in [-0.3, -0.25) is 4.79 Å². The van der Waals surface area contributed by atoms with E-state index in [4.69, 9.17) is 0 Å². The van der Waals surface area contributed by atoms with E-state index in [2.05, 4.69) is 4.90 Å². The van der Waals surface area contributed by atoms with Crippen molar-refractivity contribution < 1.29 is 4.79 Å². The van der Waals surface area contributed by atoms with Crippen LogP contribution >= 0.6 is 11.8 Å². The summed E-state index contributed by atoms with van der Waals surface area (Å²) in [5, 5.41) is 1.10. The number of nitrogens with zero attached hydrogens (tertiary/aromatic N) is 1. The molecule has 15 heavy (non-hydrogen) atoms. The Hall–Kier alpha value is -0.180. The van der Waals surface area contributed by atoms with Gasteiger partial charge in [0.15, 0.2) is 0 Å². The fourth-order valence-corrected chi connectivity index (χ4v) is 4.37. The number of carbonyl (C=O) groups is 1. The topological polar surface area (TPSA) is 20.3 Å². The van der Waals surface area contributed by atoms with E-state index in [1.807, 2.05) is 11.8 Å². The minimum atomic E-state index is 0.314. The highest BCUT2D eigenvalue weighted by molar-refractivity contribution is 8.01. The summed E-state index contributed by atoms with van der Waals surface area (Å²) in [4.78, 5) is 14.2. The average molecular weight is 225 g/mol. The van der Waals surface area contributed by atoms with Crippen molar-refractivity contribution >= 4 is 17.7 Å². The van der Waals surface area contributed by atoms with Crippen molar-refractivity contribution in [3.8, 4) is 0 Å². The number of likely N-dealkylation sites (tertiary alicyclic amines) is 1. The van der Waals surface area contributed by atoms with Crippen LogP contribution in [-0.2, 0) is 4.79 Å². The third-order valence-corrected chi connectivity index (χ3v) is 5.46. The highest BCUT2D eigenvalue weighted by Crippen LogP contribution is 2.39. The molecule has 2 aliphatic carbocycles. The molecule has 3 fully saturated rings. The second-order valence-corrected chi connectivity index (χ2v) is 6.59. The van der Waals surface area contributed by atoms with Gasteiger partial charge >= 0.3 is 0 Å². The Balaban J connectivity index is 1.55. The third-order valence-electron chi connectivity index (χ3n) is 3.84. The first kappa shape index (κ1) is 10.0. The Labute approximate surface area is 95.8 Å². The van der Waals surface area contributed by atoms with Crippen molar-refractivity contribution in [2.75, 3.05) is 6.54 Å². The van der Waals surface area contributed by atoms with Crippen LogP contribution in [0.5, 0.6) is 0 Å². The first-order chi connectivity index (χ1) is 7.34. The molecule has 1 aliphatic heterocycles. The highest BCUT2D eigenvalue weighted by Gasteiger charge is 2.41. The smallest absolute Gasteiger partial charge is 0.236 e. The molecule has 0 spiro atoms. The molecule has 3 aliphatic rings. The molecule has 1 amide bonds. The van der Waals surface area contributed by atoms with Crippen LogP contribution in [-0.4, -0.2) is 33.9 Å². The number of rotatable bonds is 3. The molecule has 3 heteroatoms. The molecule has 3 rings (SSSR count). The lowest BCUT2D eigenvalue weighted by Crippen LogP contribution is -2.30. The van der Waals surface area contributed by atoms with Crippen LogP contribution in [0.15, 0.2) is 0 Å². The predicted molar refractivity (Wildman–Crippen MR) is 63.0 cm³/mol. The number of hydrogen-bond acceptors (Lipinski definition) is 2. The summed E-state index contributed by atoms with van der Waals surface area (Å²) in [5.74, 6) is 0.453. The molecule has 0 aromatic carbocycles. The van der Waals surface area contributed by atoms with E-state index in [0.717, 1.165) is 18.2 Å². The van der Waals surface area contributed by atoms with Gasteiger partial charge in [-0.15, -0.1) is 11.8 Å². The molecule has 0 N–H and O–H groups in total. The zero-order valence-electron chi connectivity index (χ0n) is 9.15. The molecule has 2 nitrogen and oxygen atoms in total. The van der Waals surface area contributed by atoms with Crippen LogP contribution in [0, 0.1) is 0 Å². The van der Waals surface area contributed by atoms with E-state index < -0.39 is 0 Å². The molecule has 1 atom stereocenters. The van der Waals surface area contributed by atoms with Crippen molar-refractivity contribution in [3.05, 3.63) is 0 Å². The van der Waals surface area contributed by atoms with Gasteiger partial charge in [-0.1, -0.05) is 12.8 Å². The summed E-state index contributed by atoms with van der Waals surface area (Å²) in [6.45, 7) is 1.04. The van der Waals surface area contributed by atoms with Gasteiger partial charge in [-0.05, 0) is 32.1 Å². The second kappa shape index (κ2) is 4.00. The summed E-state index contributed by atoms with van der Waals surface area (Å²) >= 11 is 1.98. The lowest BCUT2D eigenvalue weighted by Gasteiger charge is -2.17. The summed E-state index contributed by atoms with van der Waals surface area (Å²) in [6, 6.07) is 0.631. The van der Waals surface area contributed by atoms with Gasteiger partial charge in [-0.25, -0.2) is 0 Å². The van der Waals surface area contributed by atoms with Gasteiger partial charge in [0.2, 0.25) is 5.91 Å². The molecule has 1 unspecified atom stereocenters. The van der Waals surface area contributed by atoms with E-state index in [1.165, 1.54) is 38.5 Å². The second-order valence-electron chi connectivity index (χ2n) is 5.08. The van der Waals surface area contributed by atoms with Crippen molar-refractivity contribution in [2.45, 2.75) is 61.5 Å². The first-order valence-electron chi connectivity index (χ1n) is 6.30. The zero-order valence-corrected chi connectivity index (χ0v) is 9.97. The summed E-state index contributed by atoms with van der Waals surface area (Å²) in [6.07, 6.45) is 9.07. The Kier molecular flexibility index (Phi) is 2.67. The van der Waals surface area contributed by atoms with Gasteiger partial charge in [0.25, 0.3) is 0 Å². The van der Waals surface area contributed by atoms with E-state index in [-0.39, 0.29) is 0 Å². The Morgan fingerprint density at radius 1 is 1.07 bits per heavy atom. The molecule has 1 saturated heterocycles. The van der Waals surface area contributed by atoms with Crippen molar-refractivity contribution in [1.82, 2.24) is 4.90 Å². The monoisotopic (exact) mass is 225 g/mol. The van der Waals surface area contributed by atoms with Crippen LogP contribution in [0.2, 0.25) is 0 Å². The maximum absolute atomic E-state index is 12.1. The maximum atomic E-state index is 12.1. The molecular weight excluding hydrogens is 206 g/mol. The van der Waals surface area contributed by atoms with Gasteiger partial charge in [0.05, 0.1) is 5.25 Å². The van der Waals surface area contributed by atoms with Crippen molar-refractivity contribution in [2.24, 2.45) is 0 Å². The number of amides is 1. The Bertz CT molecular complexity index is 258. The SMILES string of the molecule is O=C1C(SC2CCCC2)CCN1C1CC1. The lowest BCUT2D eigenvalue weighted by molar-refractivity contribution is -0.127. The lowest BCUT2D eigenvalue weighted by atomic mass is 10.3. The summed E-state index contributed by atoms with van der Waals surface area (Å²) in [5.41, 5.74) is 0. The molecule has 84 valence electrons. The van der Waals surface area contributed by atoms with E-state index in [9.17, 15) is 4.79 Å². The molecule has 1 heterocycles. The summed E-state index contributed by atoms with van der Waals surface area (Å²) in [7, 11) is 0. The molecule has 0 aromatic heterocycles. The van der Waals surface area contributed by atoms with Gasteiger partial charge in [0.1, 0.15) is 0 Å². The van der Waals surface area contributed by atoms with E-state index in [1.54, 1.807) is 0 Å². The number of thioether (sulfide) groups is 1. The van der Waals surface area contributed by atoms with Gasteiger partial charge in [-0.2, -0.15) is 0 Å². The number of hydrogen-bond donors (Lipinski definition) is 0. The fourth-order valence-electron chi connectivity index (χ4n) is 2.81. The summed E-state index contributed by atoms with van der Waals surface area (Å²) < 4.78 is 0. The van der Waals surface area contributed by atoms with Gasteiger partial charge < -0.3 is 4.90 Å². The average Bonchev–Trinajstić information content (AvgIpc) is 2.83. The minimum absolute atomic E-state index is 0.314. The zero-order chi connectivity index (χ0) is 10.3. The normalized spacial score (nSPS) is 32.9. The van der Waals surface area contributed by atoms with Crippen LogP contribution in [0.3, 0.4) is 0 Å². The molecule has 0 aromatic rings. The van der Waals surface area contributed by atoms with Crippen LogP contribution in [0.25, 0.3) is 0 Å². The quantitative estimate of drug-likeness (QED) is 0.735. The molecule has 0 radical (unpaired) electrons. The molecule has 2 saturated carbocycles. The Morgan fingerprint density at radius 2 is 1.80 bits per heavy atom. The highest BCUT2D eigenvalue weighted by atomic mass is 32.2. The van der Waals surface area contributed by atoms with Gasteiger partial charge in [0, 0.05) is 17.8 Å². The molecule has 0 bridgehead atoms. The molecular formula is C12H19NOS. The van der Waals surface area contributed by atoms with Crippen LogP contribution in [0.4, 0.5) is 0 Å². The standard InChI is InChI=1S/C12H19NOS/c14-12-11(15-10-3-1-2-4-10)7-8-13(12)9-5-6-9/h9-11H,1-8H2. The predicted octanol–water partition coefficient (Wildman–Crippen LogP) is 2.43. The fraction of sp³-hybridized carbons (Fsp3) is 0.917. The first-order valence-corrected chi connectivity index (χ1v) is 7.25. The minimum Gasteiger partial charge on any atom is -0.339 e. The maximum Gasteiger partial charge on any atom is 0.236 e. The van der Waals surface area contributed by atoms with Crippen LogP contribution < -0.4 is 0 Å². The third kappa shape index (κ3) is 2.03. The van der Waals surface area contributed by atoms with E-state index >= 15 is 0 Å². The Morgan fingerprint density at radius 3 is 2.47 bits per heavy atom. The number of carbonyl (C=O) groups excluding carboxylic acids is 1. The van der Waals surface area contributed by atoms with Crippen molar-refractivity contribution in [3.63, 3.8) is 0 Å². The van der Waals surface area contributed by atoms with Crippen molar-refractivity contribution in [1.29, 1.82) is 0 Å².